The lowest BCUT2D eigenvalue weighted by atomic mass is 10.0. The number of hydrogen-bond acceptors (Lipinski definition) is 6. The third kappa shape index (κ3) is 68.2. The summed E-state index contributed by atoms with van der Waals surface area (Å²) in [5.41, 5.74) is 0. The van der Waals surface area contributed by atoms with E-state index in [-0.39, 0.29) is 31.1 Å². The Kier molecular flexibility index (Phi) is 66.3. The molecule has 0 amide bonds. The molecule has 0 saturated heterocycles. The van der Waals surface area contributed by atoms with Crippen molar-refractivity contribution < 1.29 is 28.6 Å². The molecule has 0 saturated carbocycles. The highest BCUT2D eigenvalue weighted by Crippen LogP contribution is 2.17. The van der Waals surface area contributed by atoms with Gasteiger partial charge in [0.05, 0.1) is 0 Å². The summed E-state index contributed by atoms with van der Waals surface area (Å²) in [4.78, 5) is 38.4. The summed E-state index contributed by atoms with van der Waals surface area (Å²) < 4.78 is 16.9. The van der Waals surface area contributed by atoms with Crippen molar-refractivity contribution in [3.05, 3.63) is 134 Å². The molecule has 0 aliphatic carbocycles. The highest BCUT2D eigenvalue weighted by Gasteiger charge is 2.19. The third-order valence-electron chi connectivity index (χ3n) is 14.7. The summed E-state index contributed by atoms with van der Waals surface area (Å²) in [6.45, 7) is 6.42. The van der Waals surface area contributed by atoms with Crippen LogP contribution in [-0.4, -0.2) is 37.2 Å². The van der Waals surface area contributed by atoms with Gasteiger partial charge in [-0.1, -0.05) is 315 Å². The quantitative estimate of drug-likeness (QED) is 0.0261. The zero-order chi connectivity index (χ0) is 59.9. The molecule has 6 nitrogen and oxygen atoms in total. The average Bonchev–Trinajstić information content (AvgIpc) is 3.49. The van der Waals surface area contributed by atoms with Crippen molar-refractivity contribution in [2.75, 3.05) is 13.2 Å². The summed E-state index contributed by atoms with van der Waals surface area (Å²) >= 11 is 0. The fourth-order valence-electron chi connectivity index (χ4n) is 9.53. The van der Waals surface area contributed by atoms with Crippen molar-refractivity contribution >= 4 is 17.9 Å². The van der Waals surface area contributed by atoms with Crippen LogP contribution in [0.2, 0.25) is 0 Å². The molecule has 0 bridgehead atoms. The molecule has 1 unspecified atom stereocenters. The van der Waals surface area contributed by atoms with Gasteiger partial charge in [-0.2, -0.15) is 0 Å². The van der Waals surface area contributed by atoms with Crippen LogP contribution in [0.15, 0.2) is 134 Å². The molecule has 472 valence electrons. The number of esters is 3. The van der Waals surface area contributed by atoms with Crippen molar-refractivity contribution in [3.8, 4) is 0 Å². The first kappa shape index (κ1) is 78.5. The summed E-state index contributed by atoms with van der Waals surface area (Å²) in [5.74, 6) is -0.912. The fourth-order valence-corrected chi connectivity index (χ4v) is 9.53. The van der Waals surface area contributed by atoms with Crippen molar-refractivity contribution in [3.63, 3.8) is 0 Å². The Labute approximate surface area is 513 Å². The van der Waals surface area contributed by atoms with Gasteiger partial charge in [0.15, 0.2) is 6.10 Å². The molecule has 0 heterocycles. The number of carbonyl (C=O) groups excluding carboxylic acids is 3. The molecule has 0 aliphatic rings. The highest BCUT2D eigenvalue weighted by atomic mass is 16.6. The standard InChI is InChI=1S/C77H128O6/c1-4-7-10-13-16-19-22-25-28-30-32-33-34-35-36-37-38-39-40-41-42-43-45-46-49-52-55-58-61-64-67-70-76(79)82-73-74(72-81-75(78)69-66-63-60-57-54-51-48-27-24-21-18-15-12-9-6-3)83-77(80)71-68-65-62-59-56-53-50-47-44-31-29-26-23-20-17-14-11-8-5-2/h7,9-10,12,16,18-19,21,25,27-28,32-33,35-36,38-39,41-42,45-46,48,74H,4-6,8,11,13-15,17,20,22-24,26,29-31,34,37,40,43-44,47,49-73H2,1-3H3/b10-7-,12-9-,19-16-,21-18-,28-25-,33-32-,36-35-,39-38-,42-41-,46-45-,48-27-. The second kappa shape index (κ2) is 70.0. The first-order chi connectivity index (χ1) is 41.0. The topological polar surface area (TPSA) is 78.9 Å². The average molecular weight is 1150 g/mol. The molecule has 0 aromatic rings. The van der Waals surface area contributed by atoms with Crippen LogP contribution in [0.3, 0.4) is 0 Å². The van der Waals surface area contributed by atoms with Gasteiger partial charge in [0, 0.05) is 19.3 Å². The lowest BCUT2D eigenvalue weighted by Gasteiger charge is -2.18. The third-order valence-corrected chi connectivity index (χ3v) is 14.7. The van der Waals surface area contributed by atoms with Crippen LogP contribution >= 0.6 is 0 Å². The van der Waals surface area contributed by atoms with E-state index in [2.05, 4.69) is 154 Å². The molecule has 1 atom stereocenters. The minimum Gasteiger partial charge on any atom is -0.462 e. The molecule has 0 aromatic heterocycles. The summed E-state index contributed by atoms with van der Waals surface area (Å²) in [6, 6.07) is 0. The lowest BCUT2D eigenvalue weighted by molar-refractivity contribution is -0.167. The van der Waals surface area contributed by atoms with E-state index in [1.807, 2.05) is 0 Å². The van der Waals surface area contributed by atoms with Crippen LogP contribution in [0.1, 0.15) is 316 Å². The van der Waals surface area contributed by atoms with Crippen molar-refractivity contribution in [1.82, 2.24) is 0 Å². The fraction of sp³-hybridized carbons (Fsp3) is 0.675. The van der Waals surface area contributed by atoms with E-state index in [9.17, 15) is 14.4 Å². The Bertz CT molecular complexity index is 1750. The Morgan fingerprint density at radius 1 is 0.253 bits per heavy atom. The van der Waals surface area contributed by atoms with Gasteiger partial charge in [0.1, 0.15) is 13.2 Å². The maximum absolute atomic E-state index is 12.9. The monoisotopic (exact) mass is 1150 g/mol. The van der Waals surface area contributed by atoms with E-state index < -0.39 is 6.10 Å². The first-order valence-corrected chi connectivity index (χ1v) is 34.7. The van der Waals surface area contributed by atoms with E-state index in [4.69, 9.17) is 14.2 Å². The van der Waals surface area contributed by atoms with E-state index in [1.165, 1.54) is 116 Å². The van der Waals surface area contributed by atoms with Gasteiger partial charge in [-0.15, -0.1) is 0 Å². The predicted molar refractivity (Wildman–Crippen MR) is 362 cm³/mol. The number of unbranched alkanes of at least 4 members (excludes halogenated alkanes) is 29. The normalized spacial score (nSPS) is 13.0. The van der Waals surface area contributed by atoms with Gasteiger partial charge in [0.2, 0.25) is 0 Å². The summed E-state index contributed by atoms with van der Waals surface area (Å²) in [6.07, 6.45) is 99.0. The van der Waals surface area contributed by atoms with Crippen LogP contribution in [0, 0.1) is 0 Å². The molecule has 6 heteroatoms. The molecule has 0 aromatic carbocycles. The molecule has 0 rings (SSSR count). The number of allylic oxidation sites excluding steroid dienone is 22. The van der Waals surface area contributed by atoms with Gasteiger partial charge in [0.25, 0.3) is 0 Å². The number of hydrogen-bond donors (Lipinski definition) is 0. The molecule has 83 heavy (non-hydrogen) atoms. The molecule has 0 aliphatic heterocycles. The number of carbonyl (C=O) groups is 3. The van der Waals surface area contributed by atoms with Crippen molar-refractivity contribution in [2.45, 2.75) is 322 Å². The maximum atomic E-state index is 12.9. The second-order valence-electron chi connectivity index (χ2n) is 22.7. The number of rotatable bonds is 62. The van der Waals surface area contributed by atoms with Gasteiger partial charge < -0.3 is 14.2 Å². The predicted octanol–water partition coefficient (Wildman–Crippen LogP) is 24.1. The minimum absolute atomic E-state index is 0.0923. The Morgan fingerprint density at radius 2 is 0.470 bits per heavy atom. The first-order valence-electron chi connectivity index (χ1n) is 34.7. The second-order valence-corrected chi connectivity index (χ2v) is 22.7. The van der Waals surface area contributed by atoms with Crippen LogP contribution in [-0.2, 0) is 28.6 Å². The summed E-state index contributed by atoms with van der Waals surface area (Å²) in [7, 11) is 0. The van der Waals surface area contributed by atoms with Gasteiger partial charge in [-0.25, -0.2) is 0 Å². The molecule has 0 N–H and O–H groups in total. The SMILES string of the molecule is CC/C=C\C/C=C\C/C=C\C/C=C\C/C=C\C/C=C\C/C=C\C/C=C\CCCCCCCCC(=O)OCC(COC(=O)CCCCCCC/C=C\C/C=C\C/C=C\CC)OC(=O)CCCCCCCCCCCCCCCCCCCCC. The highest BCUT2D eigenvalue weighted by molar-refractivity contribution is 5.71. The van der Waals surface area contributed by atoms with Crippen LogP contribution in [0.4, 0.5) is 0 Å². The van der Waals surface area contributed by atoms with Crippen molar-refractivity contribution in [2.24, 2.45) is 0 Å². The van der Waals surface area contributed by atoms with Gasteiger partial charge >= 0.3 is 17.9 Å². The van der Waals surface area contributed by atoms with E-state index in [0.29, 0.717) is 19.3 Å². The lowest BCUT2D eigenvalue weighted by Crippen LogP contribution is -2.30. The largest absolute Gasteiger partial charge is 0.462 e. The zero-order valence-corrected chi connectivity index (χ0v) is 54.2. The van der Waals surface area contributed by atoms with Crippen molar-refractivity contribution in [1.29, 1.82) is 0 Å². The molecular formula is C77H128O6. The molecular weight excluding hydrogens is 1020 g/mol. The molecule has 0 spiro atoms. The molecule has 0 radical (unpaired) electrons. The van der Waals surface area contributed by atoms with Crippen LogP contribution in [0.5, 0.6) is 0 Å². The van der Waals surface area contributed by atoms with Gasteiger partial charge in [-0.05, 0) is 116 Å². The minimum atomic E-state index is -0.796. The van der Waals surface area contributed by atoms with Crippen LogP contribution < -0.4 is 0 Å². The van der Waals surface area contributed by atoms with Gasteiger partial charge in [-0.3, -0.25) is 14.4 Å². The Balaban J connectivity index is 4.37. The number of ether oxygens (including phenoxy) is 3. The smallest absolute Gasteiger partial charge is 0.306 e. The van der Waals surface area contributed by atoms with E-state index in [1.54, 1.807) is 0 Å². The maximum Gasteiger partial charge on any atom is 0.306 e. The Morgan fingerprint density at radius 3 is 0.735 bits per heavy atom. The van der Waals surface area contributed by atoms with E-state index >= 15 is 0 Å². The van der Waals surface area contributed by atoms with E-state index in [0.717, 1.165) is 161 Å². The Hall–Kier alpha value is -4.45. The zero-order valence-electron chi connectivity index (χ0n) is 54.2. The van der Waals surface area contributed by atoms with Crippen LogP contribution in [0.25, 0.3) is 0 Å². The summed E-state index contributed by atoms with van der Waals surface area (Å²) in [5, 5.41) is 0. The molecule has 0 fully saturated rings.